The minimum absolute atomic E-state index is 0.107. The summed E-state index contributed by atoms with van der Waals surface area (Å²) in [6.07, 6.45) is 3.24. The maximum atomic E-state index is 13.4. The summed E-state index contributed by atoms with van der Waals surface area (Å²) in [7, 11) is 2.02. The first kappa shape index (κ1) is 27.6. The number of pyridine rings is 1. The number of β-amino-alcohol motifs (C(OH)–C–C–N with tert-alkyl or cyclic N) is 1. The lowest BCUT2D eigenvalue weighted by Gasteiger charge is -2.36. The van der Waals surface area contributed by atoms with Gasteiger partial charge in [-0.05, 0) is 55.7 Å². The number of likely N-dealkylation sites (tertiary alicyclic amines) is 1. The van der Waals surface area contributed by atoms with E-state index in [2.05, 4.69) is 45.2 Å². The highest BCUT2D eigenvalue weighted by Gasteiger charge is 2.28. The normalized spacial score (nSPS) is 18.0. The van der Waals surface area contributed by atoms with Crippen LogP contribution in [0.15, 0.2) is 41.9 Å². The van der Waals surface area contributed by atoms with Crippen LogP contribution in [-0.2, 0) is 11.2 Å². The van der Waals surface area contributed by atoms with Gasteiger partial charge in [-0.25, -0.2) is 14.4 Å². The number of fused-ring (bicyclic) bond motifs is 1. The van der Waals surface area contributed by atoms with E-state index in [9.17, 15) is 14.3 Å². The number of aliphatic hydroxyl groups excluding tert-OH is 1. The number of anilines is 3. The van der Waals surface area contributed by atoms with Gasteiger partial charge in [-0.15, -0.1) is 11.3 Å². The van der Waals surface area contributed by atoms with E-state index >= 15 is 0 Å². The first-order chi connectivity index (χ1) is 19.8. The summed E-state index contributed by atoms with van der Waals surface area (Å²) in [5, 5.41) is 12.6. The molecule has 9 nitrogen and oxygen atoms in total. The molecule has 1 N–H and O–H groups in total. The molecular formula is C30H36FN7O2S. The Morgan fingerprint density at radius 3 is 2.59 bits per heavy atom. The van der Waals surface area contributed by atoms with Crippen LogP contribution >= 0.6 is 11.3 Å². The predicted octanol–water partition coefficient (Wildman–Crippen LogP) is 3.95. The summed E-state index contributed by atoms with van der Waals surface area (Å²) in [5.74, 6) is 0.836. The average Bonchev–Trinajstić information content (AvgIpc) is 3.72. The van der Waals surface area contributed by atoms with Gasteiger partial charge in [0.1, 0.15) is 17.3 Å². The highest BCUT2D eigenvalue weighted by atomic mass is 32.1. The van der Waals surface area contributed by atoms with E-state index in [1.54, 1.807) is 28.4 Å². The highest BCUT2D eigenvalue weighted by molar-refractivity contribution is 7.14. The smallest absolute Gasteiger partial charge is 0.236 e. The molecule has 41 heavy (non-hydrogen) atoms. The van der Waals surface area contributed by atoms with Gasteiger partial charge in [0.05, 0.1) is 29.7 Å². The van der Waals surface area contributed by atoms with E-state index in [4.69, 9.17) is 9.97 Å². The standard InChI is InChI=1S/C30H36FN7O2S/c1-4-25-29(34(3)30-33-26(19-41-30)21-5-7-22(31)8-6-21)38-16-23(15-20(2)28(38)32-25)36-13-11-35(12-14-36)18-27(40)37-10-9-24(39)17-37/h5-8,15-16,19,24,39H,4,9-14,17-18H2,1-3H3/t24-/m0/s1. The molecule has 2 aliphatic rings. The van der Waals surface area contributed by atoms with Gasteiger partial charge in [0.25, 0.3) is 0 Å². The number of piperazine rings is 1. The van der Waals surface area contributed by atoms with E-state index < -0.39 is 0 Å². The Morgan fingerprint density at radius 2 is 1.90 bits per heavy atom. The third-order valence-electron chi connectivity index (χ3n) is 8.12. The SMILES string of the molecule is CCc1nc2c(C)cc(N3CCN(CC(=O)N4CC[C@H](O)C4)CC3)cn2c1N(C)c1nc(-c2ccc(F)cc2)cs1. The van der Waals surface area contributed by atoms with Gasteiger partial charge >= 0.3 is 0 Å². The van der Waals surface area contributed by atoms with Crippen LogP contribution in [0.3, 0.4) is 0 Å². The molecular weight excluding hydrogens is 541 g/mol. The maximum Gasteiger partial charge on any atom is 0.236 e. The largest absolute Gasteiger partial charge is 0.391 e. The summed E-state index contributed by atoms with van der Waals surface area (Å²) in [6, 6.07) is 8.62. The number of aromatic nitrogens is 3. The van der Waals surface area contributed by atoms with Crippen LogP contribution < -0.4 is 9.80 Å². The number of nitrogens with zero attached hydrogens (tertiary/aromatic N) is 7. The first-order valence-electron chi connectivity index (χ1n) is 14.2. The van der Waals surface area contributed by atoms with Gasteiger partial charge in [0.15, 0.2) is 5.13 Å². The Kier molecular flexibility index (Phi) is 7.67. The van der Waals surface area contributed by atoms with E-state index in [1.165, 1.54) is 12.1 Å². The Hall–Kier alpha value is -3.54. The Balaban J connectivity index is 1.22. The number of benzene rings is 1. The Labute approximate surface area is 243 Å². The lowest BCUT2D eigenvalue weighted by molar-refractivity contribution is -0.131. The second-order valence-electron chi connectivity index (χ2n) is 10.9. The van der Waals surface area contributed by atoms with Crippen molar-refractivity contribution in [1.82, 2.24) is 24.2 Å². The quantitative estimate of drug-likeness (QED) is 0.356. The number of amides is 1. The molecule has 0 spiro atoms. The van der Waals surface area contributed by atoms with Crippen molar-refractivity contribution in [3.8, 4) is 11.3 Å². The minimum atomic E-state index is -0.387. The topological polar surface area (TPSA) is 80.5 Å². The van der Waals surface area contributed by atoms with Crippen LogP contribution in [0.25, 0.3) is 16.9 Å². The number of aliphatic hydroxyl groups is 1. The van der Waals surface area contributed by atoms with Gasteiger partial charge in [0.2, 0.25) is 5.91 Å². The zero-order valence-corrected chi connectivity index (χ0v) is 24.6. The number of imidazole rings is 1. The van der Waals surface area contributed by atoms with Crippen LogP contribution in [0.4, 0.5) is 21.0 Å². The van der Waals surface area contributed by atoms with Gasteiger partial charge in [-0.1, -0.05) is 6.92 Å². The molecule has 4 aromatic rings. The molecule has 2 fully saturated rings. The summed E-state index contributed by atoms with van der Waals surface area (Å²) < 4.78 is 15.6. The Bertz CT molecular complexity index is 1540. The highest BCUT2D eigenvalue weighted by Crippen LogP contribution is 2.35. The van der Waals surface area contributed by atoms with Crippen LogP contribution in [-0.4, -0.2) is 94.1 Å². The number of hydrogen-bond acceptors (Lipinski definition) is 8. The fourth-order valence-electron chi connectivity index (χ4n) is 5.78. The third kappa shape index (κ3) is 5.53. The van der Waals surface area contributed by atoms with Crippen LogP contribution in [0, 0.1) is 12.7 Å². The van der Waals surface area contributed by atoms with Crippen LogP contribution in [0.2, 0.25) is 0 Å². The molecule has 1 atom stereocenters. The number of rotatable bonds is 7. The number of aryl methyl sites for hydroxylation is 2. The molecule has 0 unspecified atom stereocenters. The molecule has 0 radical (unpaired) electrons. The lowest BCUT2D eigenvalue weighted by atomic mass is 10.2. The predicted molar refractivity (Wildman–Crippen MR) is 161 cm³/mol. The molecule has 11 heteroatoms. The molecule has 2 aliphatic heterocycles. The van der Waals surface area contributed by atoms with E-state index in [0.29, 0.717) is 26.1 Å². The lowest BCUT2D eigenvalue weighted by Crippen LogP contribution is -2.50. The van der Waals surface area contributed by atoms with Crippen molar-refractivity contribution in [2.75, 3.05) is 62.7 Å². The van der Waals surface area contributed by atoms with Gasteiger partial charge in [-0.3, -0.25) is 14.1 Å². The summed E-state index contributed by atoms with van der Waals surface area (Å²) in [4.78, 5) is 31.0. The molecule has 216 valence electrons. The third-order valence-corrected chi connectivity index (χ3v) is 9.03. The van der Waals surface area contributed by atoms with E-state index in [0.717, 1.165) is 77.4 Å². The first-order valence-corrected chi connectivity index (χ1v) is 15.1. The summed E-state index contributed by atoms with van der Waals surface area (Å²) >= 11 is 1.55. The summed E-state index contributed by atoms with van der Waals surface area (Å²) in [5.41, 5.74) is 5.87. The maximum absolute atomic E-state index is 13.4. The molecule has 6 rings (SSSR count). The van der Waals surface area contributed by atoms with Crippen molar-refractivity contribution in [2.45, 2.75) is 32.8 Å². The number of halogens is 1. The number of thiazole rings is 1. The fourth-order valence-corrected chi connectivity index (χ4v) is 6.58. The molecule has 0 bridgehead atoms. The molecule has 1 aromatic carbocycles. The van der Waals surface area contributed by atoms with Crippen molar-refractivity contribution in [3.63, 3.8) is 0 Å². The molecule has 0 saturated carbocycles. The summed E-state index contributed by atoms with van der Waals surface area (Å²) in [6.45, 7) is 8.99. The van der Waals surface area contributed by atoms with Crippen molar-refractivity contribution >= 4 is 39.5 Å². The van der Waals surface area contributed by atoms with Crippen molar-refractivity contribution in [3.05, 3.63) is 59.0 Å². The fraction of sp³-hybridized carbons (Fsp3) is 0.433. The van der Waals surface area contributed by atoms with Gasteiger partial charge in [0, 0.05) is 63.5 Å². The minimum Gasteiger partial charge on any atom is -0.391 e. The van der Waals surface area contributed by atoms with Crippen molar-refractivity contribution in [1.29, 1.82) is 0 Å². The van der Waals surface area contributed by atoms with Gasteiger partial charge in [-0.2, -0.15) is 0 Å². The van der Waals surface area contributed by atoms with Crippen molar-refractivity contribution < 1.29 is 14.3 Å². The van der Waals surface area contributed by atoms with Crippen LogP contribution in [0.1, 0.15) is 24.6 Å². The average molecular weight is 578 g/mol. The molecule has 0 aliphatic carbocycles. The Morgan fingerprint density at radius 1 is 1.15 bits per heavy atom. The molecule has 1 amide bonds. The number of carbonyl (C=O) groups excluding carboxylic acids is 1. The van der Waals surface area contributed by atoms with Gasteiger partial charge < -0.3 is 19.8 Å². The molecule has 5 heterocycles. The zero-order valence-electron chi connectivity index (χ0n) is 23.8. The molecule has 2 saturated heterocycles. The molecule has 3 aromatic heterocycles. The number of carbonyl (C=O) groups is 1. The van der Waals surface area contributed by atoms with Crippen molar-refractivity contribution in [2.24, 2.45) is 0 Å². The second-order valence-corrected chi connectivity index (χ2v) is 11.8. The van der Waals surface area contributed by atoms with E-state index in [-0.39, 0.29) is 17.8 Å². The second kappa shape index (κ2) is 11.4. The monoisotopic (exact) mass is 577 g/mol. The number of hydrogen-bond donors (Lipinski definition) is 1. The zero-order chi connectivity index (χ0) is 28.7. The van der Waals surface area contributed by atoms with Crippen LogP contribution in [0.5, 0.6) is 0 Å². The van der Waals surface area contributed by atoms with E-state index in [1.807, 2.05) is 12.4 Å².